The van der Waals surface area contributed by atoms with Crippen molar-refractivity contribution in [2.75, 3.05) is 0 Å². The number of amides is 2. The van der Waals surface area contributed by atoms with Gasteiger partial charge in [-0.15, -0.1) is 0 Å². The molecule has 2 heterocycles. The van der Waals surface area contributed by atoms with E-state index in [-0.39, 0.29) is 13.0 Å². The number of H-pyrrole nitrogens is 1. The van der Waals surface area contributed by atoms with Gasteiger partial charge in [-0.25, -0.2) is 15.2 Å². The Morgan fingerprint density at radius 3 is 2.64 bits per heavy atom. The standard InChI is InChI=1S/C31H28Cl2N6O3/c1-20-26(25-9-5-6-10-29(25)39(20)17-22-11-12-23(32)13-27(22)33)16-36-38-30(40)28(14-24-15-34-19-35-24)37-31(41)42-18-21-7-3-2-4-8-21/h2-13,15-16,19,28H,14,17-18H2,1H3,(H,34,35)(H,37,41)(H,38,40)/b36-16-/t28-/m0/s1. The van der Waals surface area contributed by atoms with Crippen LogP contribution in [-0.2, 0) is 29.1 Å². The minimum atomic E-state index is -0.958. The molecule has 0 saturated carbocycles. The number of aromatic amines is 1. The summed E-state index contributed by atoms with van der Waals surface area (Å²) in [5.41, 5.74) is 7.78. The Kier molecular flexibility index (Phi) is 9.21. The number of hydrogen-bond acceptors (Lipinski definition) is 5. The lowest BCUT2D eigenvalue weighted by Crippen LogP contribution is -2.47. The second kappa shape index (κ2) is 13.4. The highest BCUT2D eigenvalue weighted by Gasteiger charge is 2.23. The van der Waals surface area contributed by atoms with Gasteiger partial charge >= 0.3 is 6.09 Å². The van der Waals surface area contributed by atoms with Crippen molar-refractivity contribution in [3.8, 4) is 0 Å². The van der Waals surface area contributed by atoms with Gasteiger partial charge in [-0.2, -0.15) is 5.10 Å². The number of rotatable bonds is 10. The molecule has 0 aliphatic carbocycles. The highest BCUT2D eigenvalue weighted by molar-refractivity contribution is 6.35. The van der Waals surface area contributed by atoms with Crippen LogP contribution in [0.5, 0.6) is 0 Å². The Labute approximate surface area is 252 Å². The average Bonchev–Trinajstić information content (AvgIpc) is 3.60. The number of nitrogens with one attached hydrogen (secondary N) is 3. The van der Waals surface area contributed by atoms with Crippen LogP contribution in [0.1, 0.15) is 28.1 Å². The molecular formula is C31H28Cl2N6O3. The average molecular weight is 604 g/mol. The number of alkyl carbamates (subject to hydrolysis) is 1. The number of imidazole rings is 1. The summed E-state index contributed by atoms with van der Waals surface area (Å²) in [6, 6.07) is 21.7. The smallest absolute Gasteiger partial charge is 0.408 e. The zero-order valence-corrected chi connectivity index (χ0v) is 24.2. The van der Waals surface area contributed by atoms with Crippen LogP contribution in [0, 0.1) is 6.92 Å². The largest absolute Gasteiger partial charge is 0.445 e. The second-order valence-electron chi connectivity index (χ2n) is 9.61. The lowest BCUT2D eigenvalue weighted by molar-refractivity contribution is -0.123. The van der Waals surface area contributed by atoms with E-state index in [1.807, 2.05) is 73.7 Å². The maximum Gasteiger partial charge on any atom is 0.408 e. The van der Waals surface area contributed by atoms with Crippen LogP contribution in [0.15, 0.2) is 90.4 Å². The van der Waals surface area contributed by atoms with Crippen LogP contribution >= 0.6 is 23.2 Å². The maximum absolute atomic E-state index is 13.2. The zero-order valence-electron chi connectivity index (χ0n) is 22.7. The van der Waals surface area contributed by atoms with Crippen LogP contribution in [-0.4, -0.2) is 38.8 Å². The normalized spacial score (nSPS) is 12.0. The van der Waals surface area contributed by atoms with E-state index in [0.29, 0.717) is 22.3 Å². The fourth-order valence-corrected chi connectivity index (χ4v) is 5.08. The van der Waals surface area contributed by atoms with E-state index in [0.717, 1.165) is 33.3 Å². The van der Waals surface area contributed by atoms with Gasteiger partial charge in [-0.05, 0) is 36.2 Å². The number of halogens is 2. The molecule has 2 aromatic heterocycles. The summed E-state index contributed by atoms with van der Waals surface area (Å²) in [5.74, 6) is -0.508. The molecule has 0 bridgehead atoms. The molecule has 42 heavy (non-hydrogen) atoms. The van der Waals surface area contributed by atoms with Crippen molar-refractivity contribution < 1.29 is 14.3 Å². The summed E-state index contributed by atoms with van der Waals surface area (Å²) in [5, 5.41) is 9.01. The Morgan fingerprint density at radius 2 is 1.88 bits per heavy atom. The Morgan fingerprint density at radius 1 is 1.10 bits per heavy atom. The summed E-state index contributed by atoms with van der Waals surface area (Å²) < 4.78 is 7.46. The number of carbonyl (C=O) groups is 2. The van der Waals surface area contributed by atoms with Crippen LogP contribution in [0.4, 0.5) is 4.79 Å². The van der Waals surface area contributed by atoms with Gasteiger partial charge in [0, 0.05) is 57.1 Å². The maximum atomic E-state index is 13.2. The van der Waals surface area contributed by atoms with Crippen molar-refractivity contribution in [2.24, 2.45) is 5.10 Å². The molecule has 5 rings (SSSR count). The van der Waals surface area contributed by atoms with Gasteiger partial charge < -0.3 is 19.6 Å². The summed E-state index contributed by atoms with van der Waals surface area (Å²) in [4.78, 5) is 32.7. The topological polar surface area (TPSA) is 113 Å². The van der Waals surface area contributed by atoms with E-state index in [4.69, 9.17) is 27.9 Å². The van der Waals surface area contributed by atoms with Gasteiger partial charge in [-0.3, -0.25) is 4.79 Å². The molecule has 0 spiro atoms. The third-order valence-corrected chi connectivity index (χ3v) is 7.38. The zero-order chi connectivity index (χ0) is 29.5. The third-order valence-electron chi connectivity index (χ3n) is 6.79. The quantitative estimate of drug-likeness (QED) is 0.134. The van der Waals surface area contributed by atoms with Crippen molar-refractivity contribution in [2.45, 2.75) is 32.5 Å². The van der Waals surface area contributed by atoms with E-state index in [1.54, 1.807) is 18.5 Å². The number of nitrogens with zero attached hydrogens (tertiary/aromatic N) is 3. The number of ether oxygens (including phenoxy) is 1. The first kappa shape index (κ1) is 28.9. The number of hydrazone groups is 1. The second-order valence-corrected chi connectivity index (χ2v) is 10.5. The molecule has 0 fully saturated rings. The Balaban J connectivity index is 1.31. The van der Waals surface area contributed by atoms with Gasteiger partial charge in [-0.1, -0.05) is 77.8 Å². The first-order chi connectivity index (χ1) is 20.4. The SMILES string of the molecule is Cc1c(/C=N\NC(=O)[C@H](Cc2cnc[nH]2)NC(=O)OCc2ccccc2)c2ccccc2n1Cc1ccc(Cl)cc1Cl. The Hall–Kier alpha value is -4.60. The van der Waals surface area contributed by atoms with E-state index in [9.17, 15) is 9.59 Å². The highest BCUT2D eigenvalue weighted by Crippen LogP contribution is 2.28. The summed E-state index contributed by atoms with van der Waals surface area (Å²) in [7, 11) is 0. The monoisotopic (exact) mass is 602 g/mol. The highest BCUT2D eigenvalue weighted by atomic mass is 35.5. The number of benzene rings is 3. The Bertz CT molecular complexity index is 1720. The van der Waals surface area contributed by atoms with Crippen molar-refractivity contribution in [1.82, 2.24) is 25.3 Å². The van der Waals surface area contributed by atoms with Gasteiger partial charge in [0.1, 0.15) is 12.6 Å². The van der Waals surface area contributed by atoms with E-state index in [1.165, 1.54) is 6.33 Å². The fraction of sp³-hybridized carbons (Fsp3) is 0.161. The number of hydrogen-bond donors (Lipinski definition) is 3. The van der Waals surface area contributed by atoms with Gasteiger partial charge in [0.15, 0.2) is 0 Å². The summed E-state index contributed by atoms with van der Waals surface area (Å²) in [6.07, 6.45) is 4.15. The molecule has 0 unspecified atom stereocenters. The number of para-hydroxylation sites is 1. The molecule has 1 atom stereocenters. The molecule has 0 aliphatic heterocycles. The van der Waals surface area contributed by atoms with Crippen molar-refractivity contribution in [1.29, 1.82) is 0 Å². The van der Waals surface area contributed by atoms with Crippen molar-refractivity contribution >= 4 is 52.3 Å². The van der Waals surface area contributed by atoms with Crippen molar-refractivity contribution in [3.63, 3.8) is 0 Å². The number of carbonyl (C=O) groups excluding carboxylic acids is 2. The molecule has 2 amide bonds. The molecule has 11 heteroatoms. The molecule has 0 radical (unpaired) electrons. The molecule has 0 saturated heterocycles. The molecule has 214 valence electrons. The molecule has 0 aliphatic rings. The fourth-order valence-electron chi connectivity index (χ4n) is 4.62. The van der Waals surface area contributed by atoms with Crippen LogP contribution in [0.2, 0.25) is 10.0 Å². The van der Waals surface area contributed by atoms with E-state index < -0.39 is 18.0 Å². The predicted molar refractivity (Wildman–Crippen MR) is 164 cm³/mol. The van der Waals surface area contributed by atoms with E-state index >= 15 is 0 Å². The minimum Gasteiger partial charge on any atom is -0.445 e. The number of fused-ring (bicyclic) bond motifs is 1. The lowest BCUT2D eigenvalue weighted by atomic mass is 10.1. The number of aromatic nitrogens is 3. The molecule has 3 N–H and O–H groups in total. The first-order valence-corrected chi connectivity index (χ1v) is 13.9. The first-order valence-electron chi connectivity index (χ1n) is 13.2. The molecule has 9 nitrogen and oxygen atoms in total. The molecular weight excluding hydrogens is 575 g/mol. The minimum absolute atomic E-state index is 0.0772. The van der Waals surface area contributed by atoms with Gasteiger partial charge in [0.05, 0.1) is 12.5 Å². The molecule has 5 aromatic rings. The van der Waals surface area contributed by atoms with Gasteiger partial charge in [0.2, 0.25) is 0 Å². The van der Waals surface area contributed by atoms with Crippen LogP contribution in [0.25, 0.3) is 10.9 Å². The molecule has 3 aromatic carbocycles. The third kappa shape index (κ3) is 6.99. The van der Waals surface area contributed by atoms with Crippen LogP contribution in [0.3, 0.4) is 0 Å². The summed E-state index contributed by atoms with van der Waals surface area (Å²) in [6.45, 7) is 2.59. The van der Waals surface area contributed by atoms with Crippen LogP contribution < -0.4 is 10.7 Å². The van der Waals surface area contributed by atoms with Gasteiger partial charge in [0.25, 0.3) is 5.91 Å². The van der Waals surface area contributed by atoms with Crippen molar-refractivity contribution in [3.05, 3.63) is 123 Å². The lowest BCUT2D eigenvalue weighted by Gasteiger charge is -2.16. The van der Waals surface area contributed by atoms with E-state index in [2.05, 4.69) is 30.4 Å². The summed E-state index contributed by atoms with van der Waals surface area (Å²) >= 11 is 12.5. The predicted octanol–water partition coefficient (Wildman–Crippen LogP) is 6.02.